The van der Waals surface area contributed by atoms with Crippen LogP contribution in [0.15, 0.2) is 16.6 Å². The highest BCUT2D eigenvalue weighted by molar-refractivity contribution is 6.12. The second kappa shape index (κ2) is 8.88. The average molecular weight is 354 g/mol. The number of dihydropyridines is 1. The van der Waals surface area contributed by atoms with Gasteiger partial charge in [-0.3, -0.25) is 9.79 Å². The Bertz CT molecular complexity index is 516. The van der Waals surface area contributed by atoms with E-state index >= 15 is 0 Å². The molecule has 0 spiro atoms. The van der Waals surface area contributed by atoms with Gasteiger partial charge in [0.1, 0.15) is 12.3 Å². The van der Waals surface area contributed by atoms with E-state index in [4.69, 9.17) is 4.74 Å². The van der Waals surface area contributed by atoms with Gasteiger partial charge in [0, 0.05) is 18.7 Å². The summed E-state index contributed by atoms with van der Waals surface area (Å²) in [6.07, 6.45) is 7.89. The highest BCUT2D eigenvalue weighted by Crippen LogP contribution is 2.27. The Morgan fingerprint density at radius 2 is 1.96 bits per heavy atom. The van der Waals surface area contributed by atoms with Crippen LogP contribution in [0.4, 0.5) is 8.78 Å². The predicted octanol–water partition coefficient (Wildman–Crippen LogP) is 3.66. The number of aliphatic imine (C=N–C) groups is 1. The third kappa shape index (κ3) is 5.59. The molecule has 0 bridgehead atoms. The van der Waals surface area contributed by atoms with E-state index in [1.165, 1.54) is 0 Å². The van der Waals surface area contributed by atoms with Crippen LogP contribution < -0.4 is 5.32 Å². The summed E-state index contributed by atoms with van der Waals surface area (Å²) in [5, 5.41) is 2.96. The predicted molar refractivity (Wildman–Crippen MR) is 93.1 cm³/mol. The lowest BCUT2D eigenvalue weighted by molar-refractivity contribution is -0.118. The molecule has 4 nitrogen and oxygen atoms in total. The molecule has 6 heteroatoms. The average Bonchev–Trinajstić information content (AvgIpc) is 2.62. The van der Waals surface area contributed by atoms with Crippen LogP contribution in [0.1, 0.15) is 57.8 Å². The van der Waals surface area contributed by atoms with Gasteiger partial charge in [0.05, 0.1) is 12.2 Å². The van der Waals surface area contributed by atoms with Gasteiger partial charge in [0.2, 0.25) is 0 Å². The second-order valence-corrected chi connectivity index (χ2v) is 7.51. The number of ether oxygens (including phenoxy) is 1. The van der Waals surface area contributed by atoms with Crippen LogP contribution in [0.25, 0.3) is 0 Å². The summed E-state index contributed by atoms with van der Waals surface area (Å²) < 4.78 is 32.3. The van der Waals surface area contributed by atoms with E-state index in [0.29, 0.717) is 57.1 Å². The van der Waals surface area contributed by atoms with Gasteiger partial charge in [0.25, 0.3) is 5.91 Å². The molecular weight excluding hydrogens is 326 g/mol. The van der Waals surface area contributed by atoms with E-state index in [-0.39, 0.29) is 24.1 Å². The Kier molecular flexibility index (Phi) is 6.57. The molecule has 0 saturated heterocycles. The van der Waals surface area contributed by atoms with E-state index in [1.807, 2.05) is 6.08 Å². The molecule has 25 heavy (non-hydrogen) atoms. The van der Waals surface area contributed by atoms with Crippen molar-refractivity contribution in [3.8, 4) is 0 Å². The highest BCUT2D eigenvalue weighted by Gasteiger charge is 2.25. The van der Waals surface area contributed by atoms with Gasteiger partial charge in [-0.2, -0.15) is 0 Å². The fourth-order valence-electron chi connectivity index (χ4n) is 3.86. The smallest absolute Gasteiger partial charge is 0.252 e. The molecule has 2 aliphatic carbocycles. The number of nitrogens with one attached hydrogen (secondary N) is 1. The summed E-state index contributed by atoms with van der Waals surface area (Å²) in [6.45, 7) is 0.532. The van der Waals surface area contributed by atoms with E-state index < -0.39 is 12.3 Å². The van der Waals surface area contributed by atoms with Crippen molar-refractivity contribution in [3.05, 3.63) is 11.6 Å². The zero-order valence-electron chi connectivity index (χ0n) is 14.6. The van der Waals surface area contributed by atoms with Crippen molar-refractivity contribution in [2.75, 3.05) is 6.61 Å². The molecule has 140 valence electrons. The van der Waals surface area contributed by atoms with Crippen LogP contribution in [-0.2, 0) is 9.53 Å². The summed E-state index contributed by atoms with van der Waals surface area (Å²) in [7, 11) is 0. The molecule has 1 amide bonds. The van der Waals surface area contributed by atoms with Gasteiger partial charge in [-0.15, -0.1) is 0 Å². The SMILES string of the molecule is O=C(NC1CCC(F)CC1)C1=CCC(OCC2CCCC(F)C2)N=C1. The fourth-order valence-corrected chi connectivity index (χ4v) is 3.86. The molecule has 3 aliphatic rings. The van der Waals surface area contributed by atoms with E-state index in [1.54, 1.807) is 6.21 Å². The molecule has 1 aliphatic heterocycles. The van der Waals surface area contributed by atoms with E-state index in [9.17, 15) is 13.6 Å². The minimum atomic E-state index is -0.724. The Morgan fingerprint density at radius 3 is 2.64 bits per heavy atom. The molecule has 0 aromatic heterocycles. The summed E-state index contributed by atoms with van der Waals surface area (Å²) in [5.41, 5.74) is 0.545. The first-order valence-corrected chi connectivity index (χ1v) is 9.54. The number of carbonyl (C=O) groups excluding carboxylic acids is 1. The van der Waals surface area contributed by atoms with Gasteiger partial charge in [-0.05, 0) is 50.9 Å². The Morgan fingerprint density at radius 1 is 1.16 bits per heavy atom. The molecule has 3 rings (SSSR count). The van der Waals surface area contributed by atoms with Crippen LogP contribution in [0.5, 0.6) is 0 Å². The van der Waals surface area contributed by atoms with Crippen LogP contribution in [-0.4, -0.2) is 43.3 Å². The lowest BCUT2D eigenvalue weighted by atomic mass is 9.89. The number of hydrogen-bond donors (Lipinski definition) is 1. The molecule has 0 aromatic carbocycles. The molecule has 3 atom stereocenters. The maximum Gasteiger partial charge on any atom is 0.252 e. The summed E-state index contributed by atoms with van der Waals surface area (Å²) in [6, 6.07) is 0.0581. The molecule has 2 fully saturated rings. The van der Waals surface area contributed by atoms with Gasteiger partial charge in [-0.1, -0.05) is 12.5 Å². The van der Waals surface area contributed by atoms with Crippen LogP contribution in [0, 0.1) is 5.92 Å². The third-order valence-corrected chi connectivity index (χ3v) is 5.42. The molecule has 1 N–H and O–H groups in total. The molecule has 3 unspecified atom stereocenters. The summed E-state index contributed by atoms with van der Waals surface area (Å²) >= 11 is 0. The van der Waals surface area contributed by atoms with Crippen LogP contribution in [0.2, 0.25) is 0 Å². The number of nitrogens with zero attached hydrogens (tertiary/aromatic N) is 1. The normalized spacial score (nSPS) is 35.9. The summed E-state index contributed by atoms with van der Waals surface area (Å²) in [4.78, 5) is 16.6. The van der Waals surface area contributed by atoms with Crippen molar-refractivity contribution in [1.29, 1.82) is 0 Å². The number of halogens is 2. The number of alkyl halides is 2. The van der Waals surface area contributed by atoms with Crippen molar-refractivity contribution >= 4 is 12.1 Å². The first-order valence-electron chi connectivity index (χ1n) is 9.54. The molecular formula is C19H28F2N2O2. The summed E-state index contributed by atoms with van der Waals surface area (Å²) in [5.74, 6) is 0.135. The first kappa shape index (κ1) is 18.5. The Labute approximate surface area is 148 Å². The molecule has 0 aromatic rings. The molecule has 2 saturated carbocycles. The maximum atomic E-state index is 13.4. The van der Waals surface area contributed by atoms with Crippen molar-refractivity contribution in [2.24, 2.45) is 10.9 Å². The quantitative estimate of drug-likeness (QED) is 0.819. The van der Waals surface area contributed by atoms with Gasteiger partial charge in [-0.25, -0.2) is 8.78 Å². The van der Waals surface area contributed by atoms with Gasteiger partial charge < -0.3 is 10.1 Å². The Balaban J connectivity index is 1.38. The molecule has 1 heterocycles. The van der Waals surface area contributed by atoms with Crippen molar-refractivity contribution in [1.82, 2.24) is 5.32 Å². The minimum Gasteiger partial charge on any atom is -0.356 e. The van der Waals surface area contributed by atoms with E-state index in [0.717, 1.165) is 12.8 Å². The first-order chi connectivity index (χ1) is 12.1. The van der Waals surface area contributed by atoms with Gasteiger partial charge in [0.15, 0.2) is 6.23 Å². The third-order valence-electron chi connectivity index (χ3n) is 5.42. The lowest BCUT2D eigenvalue weighted by Gasteiger charge is -2.27. The Hall–Kier alpha value is -1.30. The zero-order valence-corrected chi connectivity index (χ0v) is 14.6. The monoisotopic (exact) mass is 354 g/mol. The van der Waals surface area contributed by atoms with Crippen molar-refractivity contribution in [3.63, 3.8) is 0 Å². The second-order valence-electron chi connectivity index (χ2n) is 7.51. The highest BCUT2D eigenvalue weighted by atomic mass is 19.1. The number of rotatable bonds is 5. The van der Waals surface area contributed by atoms with E-state index in [2.05, 4.69) is 10.3 Å². The van der Waals surface area contributed by atoms with Crippen molar-refractivity contribution in [2.45, 2.75) is 82.4 Å². The minimum absolute atomic E-state index is 0.0581. The number of carbonyl (C=O) groups is 1. The fraction of sp³-hybridized carbons (Fsp3) is 0.789. The zero-order chi connectivity index (χ0) is 17.6. The van der Waals surface area contributed by atoms with Gasteiger partial charge >= 0.3 is 0 Å². The molecule has 0 radical (unpaired) electrons. The topological polar surface area (TPSA) is 50.7 Å². The standard InChI is InChI=1S/C19H28F2N2O2/c20-15-5-7-17(8-6-15)23-19(24)14-4-9-18(22-11-14)25-12-13-2-1-3-16(21)10-13/h4,11,13,15-18H,1-3,5-10,12H2,(H,23,24). The van der Waals surface area contributed by atoms with Crippen LogP contribution >= 0.6 is 0 Å². The number of amides is 1. The maximum absolute atomic E-state index is 13.4. The number of hydrogen-bond acceptors (Lipinski definition) is 3. The lowest BCUT2D eigenvalue weighted by Crippen LogP contribution is -2.39. The van der Waals surface area contributed by atoms with Crippen molar-refractivity contribution < 1.29 is 18.3 Å². The largest absolute Gasteiger partial charge is 0.356 e. The van der Waals surface area contributed by atoms with Crippen LogP contribution in [0.3, 0.4) is 0 Å².